The summed E-state index contributed by atoms with van der Waals surface area (Å²) in [4.78, 5) is 20.0. The maximum atomic E-state index is 13.7. The molecule has 0 radical (unpaired) electrons. The third-order valence-corrected chi connectivity index (χ3v) is 4.00. The SMILES string of the molecule is Cc1cc(N)cc2ncnc(Nc3ccc(F)cc3OCC(=O)NCC(F)(F)F)c12. The van der Waals surface area contributed by atoms with Crippen molar-refractivity contribution >= 4 is 34.0 Å². The van der Waals surface area contributed by atoms with Crippen molar-refractivity contribution in [2.45, 2.75) is 13.1 Å². The van der Waals surface area contributed by atoms with Crippen LogP contribution >= 0.6 is 0 Å². The molecule has 1 aromatic heterocycles. The Bertz CT molecular complexity index is 1090. The zero-order valence-corrected chi connectivity index (χ0v) is 15.7. The zero-order chi connectivity index (χ0) is 21.9. The molecule has 30 heavy (non-hydrogen) atoms. The second-order valence-electron chi connectivity index (χ2n) is 6.40. The van der Waals surface area contributed by atoms with Crippen molar-refractivity contribution in [3.63, 3.8) is 0 Å². The summed E-state index contributed by atoms with van der Waals surface area (Å²) in [6.07, 6.45) is -3.23. The molecule has 0 atom stereocenters. The number of aryl methyl sites for hydroxylation is 1. The number of nitrogens with one attached hydrogen (secondary N) is 2. The molecule has 11 heteroatoms. The van der Waals surface area contributed by atoms with Gasteiger partial charge in [0.05, 0.1) is 11.2 Å². The van der Waals surface area contributed by atoms with E-state index in [4.69, 9.17) is 10.5 Å². The van der Waals surface area contributed by atoms with Gasteiger partial charge in [-0.2, -0.15) is 13.2 Å². The number of halogens is 4. The third kappa shape index (κ3) is 5.25. The van der Waals surface area contributed by atoms with Crippen LogP contribution in [0.5, 0.6) is 5.75 Å². The summed E-state index contributed by atoms with van der Waals surface area (Å²) in [5.41, 5.74) is 8.01. The number of nitrogen functional groups attached to an aromatic ring is 1. The number of fused-ring (bicyclic) bond motifs is 1. The van der Waals surface area contributed by atoms with Crippen LogP contribution in [0.1, 0.15) is 5.56 Å². The summed E-state index contributed by atoms with van der Waals surface area (Å²) in [6.45, 7) is -0.395. The van der Waals surface area contributed by atoms with E-state index in [1.807, 2.05) is 6.92 Å². The lowest BCUT2D eigenvalue weighted by atomic mass is 10.1. The highest BCUT2D eigenvalue weighted by molar-refractivity contribution is 5.95. The van der Waals surface area contributed by atoms with E-state index in [-0.39, 0.29) is 11.4 Å². The second kappa shape index (κ2) is 8.39. The molecule has 4 N–H and O–H groups in total. The van der Waals surface area contributed by atoms with Crippen LogP contribution in [0.4, 0.5) is 34.8 Å². The maximum Gasteiger partial charge on any atom is 0.405 e. The second-order valence-corrected chi connectivity index (χ2v) is 6.40. The van der Waals surface area contributed by atoms with Gasteiger partial charge in [-0.25, -0.2) is 14.4 Å². The molecule has 0 fully saturated rings. The minimum Gasteiger partial charge on any atom is -0.481 e. The smallest absolute Gasteiger partial charge is 0.405 e. The first-order valence-electron chi connectivity index (χ1n) is 8.66. The largest absolute Gasteiger partial charge is 0.481 e. The topological polar surface area (TPSA) is 102 Å². The Morgan fingerprint density at radius 2 is 1.97 bits per heavy atom. The highest BCUT2D eigenvalue weighted by Gasteiger charge is 2.27. The maximum absolute atomic E-state index is 13.7. The molecule has 3 aromatic rings. The number of ether oxygens (including phenoxy) is 1. The van der Waals surface area contributed by atoms with E-state index in [9.17, 15) is 22.4 Å². The van der Waals surface area contributed by atoms with Gasteiger partial charge in [-0.15, -0.1) is 0 Å². The zero-order valence-electron chi connectivity index (χ0n) is 15.7. The fourth-order valence-corrected chi connectivity index (χ4v) is 2.75. The first-order valence-corrected chi connectivity index (χ1v) is 8.66. The lowest BCUT2D eigenvalue weighted by molar-refractivity contribution is -0.139. The van der Waals surface area contributed by atoms with Crippen LogP contribution in [-0.4, -0.2) is 35.2 Å². The molecular weight excluding hydrogens is 406 g/mol. The summed E-state index contributed by atoms with van der Waals surface area (Å²) >= 11 is 0. The number of carbonyl (C=O) groups excluding carboxylic acids is 1. The number of hydrogen-bond acceptors (Lipinski definition) is 6. The van der Waals surface area contributed by atoms with Crippen molar-refractivity contribution in [2.24, 2.45) is 0 Å². The van der Waals surface area contributed by atoms with Crippen molar-refractivity contribution in [2.75, 3.05) is 24.2 Å². The molecule has 1 amide bonds. The Morgan fingerprint density at radius 3 is 2.70 bits per heavy atom. The summed E-state index contributed by atoms with van der Waals surface area (Å²) in [5, 5.41) is 5.34. The minimum absolute atomic E-state index is 0.0722. The standard InChI is InChI=1S/C19H17F4N5O2/c1-10-4-12(24)6-14-17(10)18(27-9-26-14)28-13-3-2-11(20)5-15(13)30-7-16(29)25-8-19(21,22)23/h2-6,9H,7-8,24H2,1H3,(H,25,29)(H,26,27,28). The molecule has 0 bridgehead atoms. The Labute approximate surface area is 168 Å². The van der Waals surface area contributed by atoms with E-state index in [0.717, 1.165) is 17.7 Å². The van der Waals surface area contributed by atoms with E-state index in [0.29, 0.717) is 22.4 Å². The molecule has 3 rings (SSSR count). The number of nitrogens with two attached hydrogens (primary N) is 1. The molecule has 0 aliphatic carbocycles. The van der Waals surface area contributed by atoms with Gasteiger partial charge in [-0.05, 0) is 36.8 Å². The number of anilines is 3. The van der Waals surface area contributed by atoms with Crippen molar-refractivity contribution in [1.82, 2.24) is 15.3 Å². The average Bonchev–Trinajstić information content (AvgIpc) is 2.65. The summed E-state index contributed by atoms with van der Waals surface area (Å²) in [5.74, 6) is -1.34. The van der Waals surface area contributed by atoms with Gasteiger partial charge < -0.3 is 21.1 Å². The predicted octanol–water partition coefficient (Wildman–Crippen LogP) is 3.46. The predicted molar refractivity (Wildman–Crippen MR) is 103 cm³/mol. The first-order chi connectivity index (χ1) is 14.1. The first kappa shape index (κ1) is 21.1. The van der Waals surface area contributed by atoms with Crippen LogP contribution in [-0.2, 0) is 4.79 Å². The summed E-state index contributed by atoms with van der Waals surface area (Å²) < 4.78 is 55.5. The van der Waals surface area contributed by atoms with E-state index in [1.165, 1.54) is 12.4 Å². The lowest BCUT2D eigenvalue weighted by Crippen LogP contribution is -2.36. The number of aromatic nitrogens is 2. The molecule has 7 nitrogen and oxygen atoms in total. The third-order valence-electron chi connectivity index (χ3n) is 4.00. The normalized spacial score (nSPS) is 11.4. The van der Waals surface area contributed by atoms with E-state index < -0.39 is 31.1 Å². The van der Waals surface area contributed by atoms with Crippen molar-refractivity contribution in [1.29, 1.82) is 0 Å². The summed E-state index contributed by atoms with van der Waals surface area (Å²) in [6, 6.07) is 6.94. The summed E-state index contributed by atoms with van der Waals surface area (Å²) in [7, 11) is 0. The number of hydrogen-bond donors (Lipinski definition) is 3. The number of alkyl halides is 3. The van der Waals surface area contributed by atoms with Gasteiger partial charge in [0.2, 0.25) is 0 Å². The fraction of sp³-hybridized carbons (Fsp3) is 0.211. The Morgan fingerprint density at radius 1 is 1.20 bits per heavy atom. The van der Waals surface area contributed by atoms with Crippen molar-refractivity contribution < 1.29 is 27.1 Å². The quantitative estimate of drug-likeness (QED) is 0.415. The molecule has 0 aliphatic heterocycles. The van der Waals surface area contributed by atoms with E-state index >= 15 is 0 Å². The molecule has 158 valence electrons. The highest BCUT2D eigenvalue weighted by Crippen LogP contribution is 2.32. The van der Waals surface area contributed by atoms with Gasteiger partial charge in [0.15, 0.2) is 6.61 Å². The molecule has 0 spiro atoms. The van der Waals surface area contributed by atoms with Gasteiger partial charge >= 0.3 is 6.18 Å². The van der Waals surface area contributed by atoms with Gasteiger partial charge in [0, 0.05) is 17.1 Å². The number of nitrogens with zero attached hydrogens (tertiary/aromatic N) is 2. The van der Waals surface area contributed by atoms with Crippen molar-refractivity contribution in [3.8, 4) is 5.75 Å². The molecule has 0 unspecified atom stereocenters. The molecule has 0 saturated heterocycles. The lowest BCUT2D eigenvalue weighted by Gasteiger charge is -2.15. The van der Waals surface area contributed by atoms with Crippen LogP contribution in [0.15, 0.2) is 36.7 Å². The molecular formula is C19H17F4N5O2. The average molecular weight is 423 g/mol. The van der Waals surface area contributed by atoms with Gasteiger partial charge in [0.1, 0.15) is 30.3 Å². The van der Waals surface area contributed by atoms with Gasteiger partial charge in [0.25, 0.3) is 5.91 Å². The van der Waals surface area contributed by atoms with Crippen LogP contribution in [0.25, 0.3) is 10.9 Å². The Hall–Kier alpha value is -3.63. The monoisotopic (exact) mass is 423 g/mol. The van der Waals surface area contributed by atoms with Crippen LogP contribution in [0, 0.1) is 12.7 Å². The van der Waals surface area contributed by atoms with Crippen LogP contribution < -0.4 is 21.1 Å². The number of carbonyl (C=O) groups is 1. The molecule has 0 aliphatic rings. The van der Waals surface area contributed by atoms with E-state index in [2.05, 4.69) is 15.3 Å². The highest BCUT2D eigenvalue weighted by atomic mass is 19.4. The number of benzene rings is 2. The van der Waals surface area contributed by atoms with Gasteiger partial charge in [-0.3, -0.25) is 4.79 Å². The van der Waals surface area contributed by atoms with Crippen LogP contribution in [0.2, 0.25) is 0 Å². The van der Waals surface area contributed by atoms with Gasteiger partial charge in [-0.1, -0.05) is 0 Å². The van der Waals surface area contributed by atoms with E-state index in [1.54, 1.807) is 17.4 Å². The Balaban J connectivity index is 1.83. The fourth-order valence-electron chi connectivity index (χ4n) is 2.75. The van der Waals surface area contributed by atoms with Crippen LogP contribution in [0.3, 0.4) is 0 Å². The number of amides is 1. The minimum atomic E-state index is -4.55. The molecule has 2 aromatic carbocycles. The Kier molecular flexibility index (Phi) is 5.90. The molecule has 0 saturated carbocycles. The van der Waals surface area contributed by atoms with Crippen molar-refractivity contribution in [3.05, 3.63) is 48.0 Å². The molecule has 1 heterocycles. The number of rotatable bonds is 6.